The Labute approximate surface area is 175 Å². The van der Waals surface area contributed by atoms with E-state index in [4.69, 9.17) is 0 Å². The molecule has 2 aromatic carbocycles. The van der Waals surface area contributed by atoms with Gasteiger partial charge in [-0.25, -0.2) is 0 Å². The molecule has 2 amide bonds. The Bertz CT molecular complexity index is 835. The molecule has 2 N–H and O–H groups in total. The lowest BCUT2D eigenvalue weighted by Crippen LogP contribution is -2.33. The van der Waals surface area contributed by atoms with Crippen molar-refractivity contribution in [1.29, 1.82) is 0 Å². The third kappa shape index (κ3) is 7.69. The molecule has 2 rings (SSSR count). The summed E-state index contributed by atoms with van der Waals surface area (Å²) in [5, 5.41) is 5.56. The minimum atomic E-state index is -1.55. The van der Waals surface area contributed by atoms with Crippen molar-refractivity contribution < 1.29 is 13.8 Å². The molecule has 0 radical (unpaired) electrons. The number of aryl methyl sites for hydroxylation is 2. The summed E-state index contributed by atoms with van der Waals surface area (Å²) in [5.74, 6) is -1.02. The van der Waals surface area contributed by atoms with Crippen molar-refractivity contribution >= 4 is 34.0 Å². The summed E-state index contributed by atoms with van der Waals surface area (Å²) in [6, 6.07) is 15.7. The Morgan fingerprint density at radius 3 is 2.21 bits per heavy atom. The maximum absolute atomic E-state index is 12.1. The second-order valence-electron chi connectivity index (χ2n) is 7.00. The minimum Gasteiger partial charge on any atom is -0.375 e. The quantitative estimate of drug-likeness (QED) is 0.585. The molecule has 1 atom stereocenters. The number of para-hydroxylation sites is 2. The smallest absolute Gasteiger partial charge is 0.237 e. The monoisotopic (exact) mass is 415 g/mol. The van der Waals surface area contributed by atoms with Crippen molar-refractivity contribution in [3.63, 3.8) is 0 Å². The standard InChI is InChI=1S/C22H29N3O3S/c1-17-9-7-10-18(2)22(17)24-21(27)16-29(28)15-20(26)23-13-8-14-25(3)19-11-5-4-6-12-19/h4-7,9-12H,8,13-16H2,1-3H3,(H,23,26)(H,24,27). The van der Waals surface area contributed by atoms with Crippen LogP contribution in [0.1, 0.15) is 17.5 Å². The highest BCUT2D eigenvalue weighted by atomic mass is 32.2. The highest BCUT2D eigenvalue weighted by Gasteiger charge is 2.14. The molecular formula is C22H29N3O3S. The molecule has 0 aliphatic heterocycles. The van der Waals surface area contributed by atoms with Crippen LogP contribution >= 0.6 is 0 Å². The average molecular weight is 416 g/mol. The van der Waals surface area contributed by atoms with E-state index in [2.05, 4.69) is 15.5 Å². The summed E-state index contributed by atoms with van der Waals surface area (Å²) < 4.78 is 12.1. The Hall–Kier alpha value is -2.67. The number of benzene rings is 2. The van der Waals surface area contributed by atoms with Gasteiger partial charge in [0.05, 0.1) is 0 Å². The lowest BCUT2D eigenvalue weighted by molar-refractivity contribution is -0.118. The molecule has 7 heteroatoms. The minimum absolute atomic E-state index is 0.172. The van der Waals surface area contributed by atoms with Gasteiger partial charge in [-0.05, 0) is 43.5 Å². The number of carbonyl (C=O) groups excluding carboxylic acids is 2. The fourth-order valence-corrected chi connectivity index (χ4v) is 3.80. The predicted octanol–water partition coefficient (Wildman–Crippen LogP) is 2.63. The molecule has 6 nitrogen and oxygen atoms in total. The molecule has 0 heterocycles. The van der Waals surface area contributed by atoms with E-state index in [9.17, 15) is 13.8 Å². The third-order valence-corrected chi connectivity index (χ3v) is 5.69. The van der Waals surface area contributed by atoms with Crippen molar-refractivity contribution in [2.24, 2.45) is 0 Å². The van der Waals surface area contributed by atoms with E-state index in [0.717, 1.165) is 35.5 Å². The van der Waals surface area contributed by atoms with Crippen LogP contribution in [0.25, 0.3) is 0 Å². The van der Waals surface area contributed by atoms with Gasteiger partial charge in [0.1, 0.15) is 11.5 Å². The normalized spacial score (nSPS) is 11.6. The Morgan fingerprint density at radius 2 is 1.55 bits per heavy atom. The fraction of sp³-hybridized carbons (Fsp3) is 0.364. The average Bonchev–Trinajstić information content (AvgIpc) is 2.68. The molecule has 0 saturated carbocycles. The highest BCUT2D eigenvalue weighted by Crippen LogP contribution is 2.19. The van der Waals surface area contributed by atoms with E-state index >= 15 is 0 Å². The van der Waals surface area contributed by atoms with Gasteiger partial charge < -0.3 is 15.5 Å². The first-order valence-electron chi connectivity index (χ1n) is 9.60. The maximum Gasteiger partial charge on any atom is 0.237 e. The number of carbonyl (C=O) groups is 2. The second kappa shape index (κ2) is 11.4. The molecule has 0 aromatic heterocycles. The van der Waals surface area contributed by atoms with E-state index in [0.29, 0.717) is 6.54 Å². The summed E-state index contributed by atoms with van der Waals surface area (Å²) in [6.45, 7) is 5.11. The van der Waals surface area contributed by atoms with Crippen LogP contribution in [0.4, 0.5) is 11.4 Å². The van der Waals surface area contributed by atoms with Crippen LogP contribution < -0.4 is 15.5 Å². The number of hydrogen-bond donors (Lipinski definition) is 2. The fourth-order valence-electron chi connectivity index (χ4n) is 2.94. The second-order valence-corrected chi connectivity index (χ2v) is 8.46. The van der Waals surface area contributed by atoms with E-state index in [1.807, 2.05) is 69.4 Å². The van der Waals surface area contributed by atoms with Crippen LogP contribution in [0.3, 0.4) is 0 Å². The third-order valence-electron chi connectivity index (χ3n) is 4.52. The first-order valence-corrected chi connectivity index (χ1v) is 11.1. The zero-order chi connectivity index (χ0) is 21.2. The molecule has 0 spiro atoms. The van der Waals surface area contributed by atoms with Gasteiger partial charge in [-0.1, -0.05) is 36.4 Å². The number of amides is 2. The van der Waals surface area contributed by atoms with Gasteiger partial charge in [0.15, 0.2) is 0 Å². The summed E-state index contributed by atoms with van der Waals surface area (Å²) in [5.41, 5.74) is 3.75. The first kappa shape index (κ1) is 22.6. The SMILES string of the molecule is Cc1cccc(C)c1NC(=O)CS(=O)CC(=O)NCCCN(C)c1ccccc1. The summed E-state index contributed by atoms with van der Waals surface area (Å²) in [4.78, 5) is 26.2. The van der Waals surface area contributed by atoms with Crippen molar-refractivity contribution in [3.05, 3.63) is 59.7 Å². The molecule has 0 aliphatic carbocycles. The lowest BCUT2D eigenvalue weighted by atomic mass is 10.1. The van der Waals surface area contributed by atoms with Crippen molar-refractivity contribution in [1.82, 2.24) is 5.32 Å². The van der Waals surface area contributed by atoms with Crippen LogP contribution in [0.2, 0.25) is 0 Å². The number of anilines is 2. The van der Waals surface area contributed by atoms with Crippen molar-refractivity contribution in [2.75, 3.05) is 41.9 Å². The van der Waals surface area contributed by atoms with E-state index < -0.39 is 10.8 Å². The van der Waals surface area contributed by atoms with Gasteiger partial charge in [0.2, 0.25) is 11.8 Å². The molecule has 0 fully saturated rings. The maximum atomic E-state index is 12.1. The van der Waals surface area contributed by atoms with Crippen molar-refractivity contribution in [2.45, 2.75) is 20.3 Å². The van der Waals surface area contributed by atoms with Gasteiger partial charge in [-0.15, -0.1) is 0 Å². The van der Waals surface area contributed by atoms with Gasteiger partial charge in [0, 0.05) is 42.3 Å². The summed E-state index contributed by atoms with van der Waals surface area (Å²) in [6.07, 6.45) is 0.775. The Kier molecular flexibility index (Phi) is 8.86. The number of rotatable bonds is 10. The molecule has 2 aromatic rings. The van der Waals surface area contributed by atoms with Crippen LogP contribution in [0.15, 0.2) is 48.5 Å². The first-order chi connectivity index (χ1) is 13.9. The number of hydrogen-bond acceptors (Lipinski definition) is 4. The molecular weight excluding hydrogens is 386 g/mol. The molecule has 0 aliphatic rings. The van der Waals surface area contributed by atoms with Gasteiger partial charge in [-0.3, -0.25) is 13.8 Å². The summed E-state index contributed by atoms with van der Waals surface area (Å²) in [7, 11) is 0.455. The predicted molar refractivity (Wildman–Crippen MR) is 120 cm³/mol. The molecule has 0 saturated heterocycles. The molecule has 1 unspecified atom stereocenters. The van der Waals surface area contributed by atoms with E-state index in [1.54, 1.807) is 0 Å². The molecule has 0 bridgehead atoms. The van der Waals surface area contributed by atoms with Crippen LogP contribution in [0.5, 0.6) is 0 Å². The highest BCUT2D eigenvalue weighted by molar-refractivity contribution is 7.86. The molecule has 29 heavy (non-hydrogen) atoms. The van der Waals surface area contributed by atoms with Crippen molar-refractivity contribution in [3.8, 4) is 0 Å². The van der Waals surface area contributed by atoms with E-state index in [-0.39, 0.29) is 23.3 Å². The topological polar surface area (TPSA) is 78.5 Å². The number of nitrogens with zero attached hydrogens (tertiary/aromatic N) is 1. The number of nitrogens with one attached hydrogen (secondary N) is 2. The lowest BCUT2D eigenvalue weighted by Gasteiger charge is -2.19. The van der Waals surface area contributed by atoms with Gasteiger partial charge in [0.25, 0.3) is 0 Å². The Morgan fingerprint density at radius 1 is 0.931 bits per heavy atom. The van der Waals surface area contributed by atoms with Gasteiger partial charge in [-0.2, -0.15) is 0 Å². The van der Waals surface area contributed by atoms with Crippen LogP contribution in [-0.4, -0.2) is 47.7 Å². The van der Waals surface area contributed by atoms with Crippen LogP contribution in [-0.2, 0) is 20.4 Å². The van der Waals surface area contributed by atoms with Crippen LogP contribution in [0, 0.1) is 13.8 Å². The van der Waals surface area contributed by atoms with Gasteiger partial charge >= 0.3 is 0 Å². The van der Waals surface area contributed by atoms with E-state index in [1.165, 1.54) is 0 Å². The molecule has 156 valence electrons. The summed E-state index contributed by atoms with van der Waals surface area (Å²) >= 11 is 0. The largest absolute Gasteiger partial charge is 0.375 e. The zero-order valence-corrected chi connectivity index (χ0v) is 18.1. The Balaban J connectivity index is 1.67. The zero-order valence-electron chi connectivity index (χ0n) is 17.2.